The number of benzene rings is 6. The monoisotopic (exact) mass is 1090 g/mol. The molecule has 0 saturated carbocycles. The minimum absolute atomic E-state index is 0.0861. The van der Waals surface area contributed by atoms with Gasteiger partial charge < -0.3 is 0 Å². The molecule has 0 spiro atoms. The average molecular weight is 1090 g/mol. The van der Waals surface area contributed by atoms with E-state index in [4.69, 9.17) is 0 Å². The van der Waals surface area contributed by atoms with Gasteiger partial charge in [0.1, 0.15) is 0 Å². The topological polar surface area (TPSA) is 0 Å². The van der Waals surface area contributed by atoms with Gasteiger partial charge in [0.2, 0.25) is 0 Å². The summed E-state index contributed by atoms with van der Waals surface area (Å²) in [6, 6.07) is 49.0. The van der Waals surface area contributed by atoms with Gasteiger partial charge in [0.15, 0.2) is 0 Å². The van der Waals surface area contributed by atoms with Gasteiger partial charge in [-0.15, -0.1) is 0 Å². The first-order valence-corrected chi connectivity index (χ1v) is 34.5. The van der Waals surface area contributed by atoms with Crippen molar-refractivity contribution in [3.63, 3.8) is 0 Å². The summed E-state index contributed by atoms with van der Waals surface area (Å²) in [5.74, 6) is 0. The standard InChI is InChI=1S/C38H56P2.C34H48P2/c1-27-19-15-17-21-33(27)39(34-22-18-16-20-28(34)2)25-29-23-31(35(3,4)5)32(36(6,7)8)24-30(29)26-40(37(9,10)11)38(12,13)14;1-25-16-12-14-18-30(25)35(31-19-15-13-17-26(31)2)23-28-22-29(32(3,4)5)21-20-27(28)24-36(33(6,7)8)34(9,10)11/h15-24H,25-26H2,1-14H3;12-22H,23-24H2,1-11H3. The molecule has 6 aromatic carbocycles. The van der Waals surface area contributed by atoms with Crippen LogP contribution < -0.4 is 21.2 Å². The Morgan fingerprint density at radius 1 is 0.276 bits per heavy atom. The van der Waals surface area contributed by atoms with Crippen LogP contribution in [0.25, 0.3) is 0 Å². The van der Waals surface area contributed by atoms with E-state index in [0.29, 0.717) is 10.3 Å². The fourth-order valence-electron chi connectivity index (χ4n) is 11.3. The highest BCUT2D eigenvalue weighted by atomic mass is 31.1. The Morgan fingerprint density at radius 2 is 0.539 bits per heavy atom. The number of aryl methyl sites for hydroxylation is 4. The van der Waals surface area contributed by atoms with Crippen molar-refractivity contribution in [3.8, 4) is 0 Å². The highest BCUT2D eigenvalue weighted by Gasteiger charge is 2.38. The molecular formula is C72H104P4. The van der Waals surface area contributed by atoms with Crippen LogP contribution in [-0.4, -0.2) is 20.6 Å². The highest BCUT2D eigenvalue weighted by molar-refractivity contribution is 7.73. The van der Waals surface area contributed by atoms with Gasteiger partial charge in [-0.25, -0.2) is 0 Å². The molecule has 6 rings (SSSR count). The fourth-order valence-corrected chi connectivity index (χ4v) is 24.1. The minimum atomic E-state index is -0.545. The highest BCUT2D eigenvalue weighted by Crippen LogP contribution is 2.63. The van der Waals surface area contributed by atoms with E-state index in [2.05, 4.69) is 300 Å². The van der Waals surface area contributed by atoms with Gasteiger partial charge in [0, 0.05) is 12.3 Å². The summed E-state index contributed by atoms with van der Waals surface area (Å²) in [5, 5.41) is 7.26. The van der Waals surface area contributed by atoms with Crippen molar-refractivity contribution in [2.45, 2.75) is 235 Å². The average Bonchev–Trinajstić information content (AvgIpc) is 3.27. The number of hydrogen-bond donors (Lipinski definition) is 0. The molecule has 76 heavy (non-hydrogen) atoms. The van der Waals surface area contributed by atoms with Gasteiger partial charge in [-0.1, -0.05) is 289 Å². The molecule has 0 aromatic heterocycles. The first kappa shape index (κ1) is 63.9. The molecular weight excluding hydrogens is 989 g/mol. The van der Waals surface area contributed by atoms with Gasteiger partial charge in [0.05, 0.1) is 0 Å². The predicted molar refractivity (Wildman–Crippen MR) is 354 cm³/mol. The molecule has 0 heterocycles. The van der Waals surface area contributed by atoms with Crippen LogP contribution in [0.1, 0.15) is 207 Å². The molecule has 0 aliphatic carbocycles. The maximum Gasteiger partial charge on any atom is 0.00106 e. The van der Waals surface area contributed by atoms with Crippen molar-refractivity contribution in [1.82, 2.24) is 0 Å². The normalized spacial score (nSPS) is 13.2. The Hall–Kier alpha value is -2.96. The lowest BCUT2D eigenvalue weighted by Crippen LogP contribution is -2.27. The van der Waals surface area contributed by atoms with Crippen molar-refractivity contribution < 1.29 is 0 Å². The maximum atomic E-state index is 2.64. The van der Waals surface area contributed by atoms with Gasteiger partial charge in [-0.05, 0) is 175 Å². The summed E-state index contributed by atoms with van der Waals surface area (Å²) >= 11 is 0. The van der Waals surface area contributed by atoms with Crippen molar-refractivity contribution in [2.75, 3.05) is 0 Å². The van der Waals surface area contributed by atoms with E-state index in [9.17, 15) is 0 Å². The molecule has 6 aromatic rings. The first-order chi connectivity index (χ1) is 34.8. The van der Waals surface area contributed by atoms with E-state index < -0.39 is 15.8 Å². The lowest BCUT2D eigenvalue weighted by atomic mass is 9.74. The summed E-state index contributed by atoms with van der Waals surface area (Å²) in [4.78, 5) is 0. The van der Waals surface area contributed by atoms with Crippen molar-refractivity contribution in [3.05, 3.63) is 189 Å². The van der Waals surface area contributed by atoms with E-state index >= 15 is 0 Å². The molecule has 0 aliphatic heterocycles. The second-order valence-corrected chi connectivity index (χ2v) is 41.1. The van der Waals surface area contributed by atoms with Crippen molar-refractivity contribution >= 4 is 52.9 Å². The van der Waals surface area contributed by atoms with E-state index in [1.807, 2.05) is 0 Å². The number of rotatable bonds is 12. The summed E-state index contributed by atoms with van der Waals surface area (Å²) < 4.78 is 0. The third-order valence-corrected chi connectivity index (χ3v) is 28.6. The SMILES string of the molecule is Cc1ccccc1P(Cc1cc(C(C)(C)C)c(C(C)(C)C)cc1CP(C(C)(C)C)C(C)(C)C)c1ccccc1C.Cc1ccccc1P(Cc1cc(C(C)(C)C)ccc1CP(C(C)(C)C)C(C)(C)C)c1ccccc1C. The fraction of sp³-hybridized carbons (Fsp3) is 0.500. The van der Waals surface area contributed by atoms with Crippen molar-refractivity contribution in [1.29, 1.82) is 0 Å². The zero-order chi connectivity index (χ0) is 57.1. The van der Waals surface area contributed by atoms with E-state index in [1.54, 1.807) is 22.3 Å². The van der Waals surface area contributed by atoms with Crippen LogP contribution in [0.4, 0.5) is 0 Å². The second-order valence-electron chi connectivity index (χ2n) is 29.1. The molecule has 0 saturated heterocycles. The lowest BCUT2D eigenvalue weighted by Gasteiger charge is -2.42. The molecule has 0 radical (unpaired) electrons. The van der Waals surface area contributed by atoms with Crippen LogP contribution in [-0.2, 0) is 40.9 Å². The van der Waals surface area contributed by atoms with Crippen LogP contribution in [0, 0.1) is 27.7 Å². The molecule has 0 unspecified atom stereocenters. The van der Waals surface area contributed by atoms with Gasteiger partial charge in [-0.2, -0.15) is 0 Å². The van der Waals surface area contributed by atoms with E-state index in [0.717, 1.165) is 12.3 Å². The third-order valence-electron chi connectivity index (χ3n) is 15.2. The van der Waals surface area contributed by atoms with Crippen LogP contribution >= 0.6 is 31.7 Å². The summed E-state index contributed by atoms with van der Waals surface area (Å²) in [5.41, 5.74) is 16.7. The van der Waals surface area contributed by atoms with Crippen molar-refractivity contribution in [2.24, 2.45) is 0 Å². The van der Waals surface area contributed by atoms with Crippen LogP contribution in [0.2, 0.25) is 0 Å². The molecule has 0 amide bonds. The first-order valence-electron chi connectivity index (χ1n) is 28.4. The van der Waals surface area contributed by atoms with Gasteiger partial charge >= 0.3 is 0 Å². The summed E-state index contributed by atoms with van der Waals surface area (Å²) in [6.07, 6.45) is 4.55. The molecule has 0 fully saturated rings. The molecule has 0 aliphatic rings. The largest absolute Gasteiger partial charge is 0.0911 e. The molecule has 412 valence electrons. The summed E-state index contributed by atoms with van der Waals surface area (Å²) in [7, 11) is -1.52. The molecule has 0 nitrogen and oxygen atoms in total. The second kappa shape index (κ2) is 24.8. The Balaban J connectivity index is 0.000000282. The van der Waals surface area contributed by atoms with Gasteiger partial charge in [-0.3, -0.25) is 0 Å². The lowest BCUT2D eigenvalue weighted by molar-refractivity contribution is 0.529. The zero-order valence-electron chi connectivity index (χ0n) is 52.7. The smallest absolute Gasteiger partial charge is 0.00106 e. The molecule has 4 heteroatoms. The van der Waals surface area contributed by atoms with Crippen LogP contribution in [0.3, 0.4) is 0 Å². The van der Waals surface area contributed by atoms with E-state index in [1.165, 1.54) is 72.5 Å². The zero-order valence-corrected chi connectivity index (χ0v) is 56.3. The van der Waals surface area contributed by atoms with Crippen LogP contribution in [0.15, 0.2) is 127 Å². The Bertz CT molecular complexity index is 2750. The maximum absolute atomic E-state index is 2.64. The number of hydrogen-bond acceptors (Lipinski definition) is 0. The van der Waals surface area contributed by atoms with Crippen LogP contribution in [0.5, 0.6) is 0 Å². The predicted octanol–water partition coefficient (Wildman–Crippen LogP) is 20.9. The summed E-state index contributed by atoms with van der Waals surface area (Å²) in [6.45, 7) is 60.0. The Labute approximate surface area is 473 Å². The van der Waals surface area contributed by atoms with E-state index in [-0.39, 0.29) is 42.4 Å². The molecule has 0 N–H and O–H groups in total. The quantitative estimate of drug-likeness (QED) is 0.107. The molecule has 0 bridgehead atoms. The third kappa shape index (κ3) is 16.8. The van der Waals surface area contributed by atoms with Gasteiger partial charge in [0.25, 0.3) is 0 Å². The Kier molecular flexibility index (Phi) is 20.9. The minimum Gasteiger partial charge on any atom is -0.0911 e. The Morgan fingerprint density at radius 3 is 0.803 bits per heavy atom. The molecule has 0 atom stereocenters.